The van der Waals surface area contributed by atoms with E-state index < -0.39 is 6.09 Å². The summed E-state index contributed by atoms with van der Waals surface area (Å²) in [6, 6.07) is 11.3. The van der Waals surface area contributed by atoms with Crippen LogP contribution in [0.25, 0.3) is 0 Å². The van der Waals surface area contributed by atoms with E-state index in [4.69, 9.17) is 10.5 Å². The fraction of sp³-hybridized carbons (Fsp3) is 0.222. The number of rotatable bonds is 4. The number of nitrogens with one attached hydrogen (secondary N) is 1. The molecule has 0 saturated carbocycles. The Morgan fingerprint density at radius 3 is 2.87 bits per heavy atom. The van der Waals surface area contributed by atoms with Crippen LogP contribution in [0.5, 0.6) is 0 Å². The number of anilines is 1. The van der Waals surface area contributed by atoms with E-state index in [9.17, 15) is 4.79 Å². The quantitative estimate of drug-likeness (QED) is 0.672. The Balaban J connectivity index is 1.69. The molecule has 3 N–H and O–H groups in total. The fourth-order valence-corrected chi connectivity index (χ4v) is 1.84. The van der Waals surface area contributed by atoms with Crippen LogP contribution in [0.15, 0.2) is 42.6 Å². The van der Waals surface area contributed by atoms with Crippen LogP contribution in [0.1, 0.15) is 23.2 Å². The molecule has 1 amide bonds. The van der Waals surface area contributed by atoms with Crippen LogP contribution in [-0.2, 0) is 11.3 Å². The van der Waals surface area contributed by atoms with Gasteiger partial charge in [0.25, 0.3) is 0 Å². The molecule has 0 aliphatic carbocycles. The van der Waals surface area contributed by atoms with Crippen molar-refractivity contribution in [1.82, 2.24) is 10.3 Å². The average Bonchev–Trinajstić information content (AvgIpc) is 2.55. The van der Waals surface area contributed by atoms with Crippen LogP contribution in [0.2, 0.25) is 0 Å². The number of benzene rings is 1. The zero-order valence-electron chi connectivity index (χ0n) is 13.0. The number of hydrogen-bond donors (Lipinski definition) is 2. The number of aryl methyl sites for hydroxylation is 1. The number of hydrogen-bond acceptors (Lipinski definition) is 4. The molecule has 23 heavy (non-hydrogen) atoms. The number of amides is 1. The molecule has 0 spiro atoms. The zero-order valence-corrected chi connectivity index (χ0v) is 13.0. The van der Waals surface area contributed by atoms with Gasteiger partial charge in [-0.15, -0.1) is 0 Å². The average molecular weight is 309 g/mol. The molecule has 0 atom stereocenters. The minimum Gasteiger partial charge on any atom is -0.445 e. The number of ether oxygens (including phenoxy) is 1. The lowest BCUT2D eigenvalue weighted by Gasteiger charge is -2.05. The van der Waals surface area contributed by atoms with Gasteiger partial charge in [0, 0.05) is 19.2 Å². The lowest BCUT2D eigenvalue weighted by Crippen LogP contribution is -2.24. The van der Waals surface area contributed by atoms with E-state index in [2.05, 4.69) is 22.1 Å². The number of aromatic nitrogens is 1. The standard InChI is InChI=1S/C18H19N3O2/c1-14-11-16(19)17(21-12-14)9-5-6-10-20-18(22)23-13-15-7-3-2-4-8-15/h2-4,7-8,11-12H,6,10,13,19H2,1H3,(H,20,22). The highest BCUT2D eigenvalue weighted by molar-refractivity contribution is 5.67. The maximum Gasteiger partial charge on any atom is 0.407 e. The number of carbonyl (C=O) groups excluding carboxylic acids is 1. The molecule has 1 aromatic carbocycles. The van der Waals surface area contributed by atoms with Gasteiger partial charge in [0.15, 0.2) is 0 Å². The Hall–Kier alpha value is -3.00. The van der Waals surface area contributed by atoms with Gasteiger partial charge >= 0.3 is 6.09 Å². The zero-order chi connectivity index (χ0) is 16.5. The molecule has 5 heteroatoms. The maximum absolute atomic E-state index is 11.5. The molecule has 118 valence electrons. The monoisotopic (exact) mass is 309 g/mol. The van der Waals surface area contributed by atoms with E-state index in [0.717, 1.165) is 11.1 Å². The molecular formula is C18H19N3O2. The predicted octanol–water partition coefficient (Wildman–Crippen LogP) is 2.64. The Kier molecular flexibility index (Phi) is 6.01. The smallest absolute Gasteiger partial charge is 0.407 e. The summed E-state index contributed by atoms with van der Waals surface area (Å²) in [6.07, 6.45) is 1.76. The van der Waals surface area contributed by atoms with Crippen molar-refractivity contribution >= 4 is 11.8 Å². The Bertz CT molecular complexity index is 718. The van der Waals surface area contributed by atoms with Gasteiger partial charge < -0.3 is 15.8 Å². The normalized spacial score (nSPS) is 9.61. The van der Waals surface area contributed by atoms with Gasteiger partial charge in [0.2, 0.25) is 0 Å². The number of nitrogens with zero attached hydrogens (tertiary/aromatic N) is 1. The molecule has 0 aliphatic rings. The number of alkyl carbamates (subject to hydrolysis) is 1. The first kappa shape index (κ1) is 16.4. The Labute approximate surface area is 135 Å². The van der Waals surface area contributed by atoms with Crippen LogP contribution < -0.4 is 11.1 Å². The summed E-state index contributed by atoms with van der Waals surface area (Å²) in [5, 5.41) is 2.65. The highest BCUT2D eigenvalue weighted by Crippen LogP contribution is 2.08. The Morgan fingerprint density at radius 1 is 1.35 bits per heavy atom. The van der Waals surface area contributed by atoms with Crippen LogP contribution in [0.4, 0.5) is 10.5 Å². The fourth-order valence-electron chi connectivity index (χ4n) is 1.84. The molecule has 5 nitrogen and oxygen atoms in total. The van der Waals surface area contributed by atoms with Crippen molar-refractivity contribution in [3.05, 3.63) is 59.4 Å². The summed E-state index contributed by atoms with van der Waals surface area (Å²) in [4.78, 5) is 15.7. The molecule has 0 radical (unpaired) electrons. The first-order chi connectivity index (χ1) is 11.1. The summed E-state index contributed by atoms with van der Waals surface area (Å²) >= 11 is 0. The first-order valence-corrected chi connectivity index (χ1v) is 7.30. The van der Waals surface area contributed by atoms with Crippen molar-refractivity contribution in [2.45, 2.75) is 20.0 Å². The highest BCUT2D eigenvalue weighted by atomic mass is 16.5. The molecular weight excluding hydrogens is 290 g/mol. The molecule has 0 aliphatic heterocycles. The number of nitrogen functional groups attached to an aromatic ring is 1. The SMILES string of the molecule is Cc1cnc(C#CCCNC(=O)OCc2ccccc2)c(N)c1. The molecule has 2 rings (SSSR count). The summed E-state index contributed by atoms with van der Waals surface area (Å²) in [5.74, 6) is 5.82. The largest absolute Gasteiger partial charge is 0.445 e. The topological polar surface area (TPSA) is 77.2 Å². The van der Waals surface area contributed by atoms with Crippen LogP contribution in [0.3, 0.4) is 0 Å². The Morgan fingerprint density at radius 2 is 2.13 bits per heavy atom. The van der Waals surface area contributed by atoms with Gasteiger partial charge in [-0.1, -0.05) is 36.3 Å². The summed E-state index contributed by atoms with van der Waals surface area (Å²) < 4.78 is 5.09. The van der Waals surface area contributed by atoms with Crippen LogP contribution in [-0.4, -0.2) is 17.6 Å². The van der Waals surface area contributed by atoms with E-state index in [0.29, 0.717) is 24.3 Å². The number of nitrogens with two attached hydrogens (primary N) is 1. The molecule has 0 saturated heterocycles. The molecule has 0 bridgehead atoms. The lowest BCUT2D eigenvalue weighted by atomic mass is 10.2. The number of pyridine rings is 1. The van der Waals surface area contributed by atoms with Gasteiger partial charge in [0.1, 0.15) is 12.3 Å². The van der Waals surface area contributed by atoms with E-state index in [1.54, 1.807) is 6.20 Å². The van der Waals surface area contributed by atoms with E-state index in [-0.39, 0.29) is 6.61 Å². The summed E-state index contributed by atoms with van der Waals surface area (Å²) in [5.41, 5.74) is 8.89. The van der Waals surface area contributed by atoms with Crippen LogP contribution in [0, 0.1) is 18.8 Å². The lowest BCUT2D eigenvalue weighted by molar-refractivity contribution is 0.140. The second kappa shape index (κ2) is 8.44. The van der Waals surface area contributed by atoms with Crippen molar-refractivity contribution in [2.75, 3.05) is 12.3 Å². The molecule has 0 unspecified atom stereocenters. The molecule has 1 heterocycles. The summed E-state index contributed by atoms with van der Waals surface area (Å²) in [6.45, 7) is 2.58. The van der Waals surface area contributed by atoms with Gasteiger partial charge in [-0.2, -0.15) is 0 Å². The maximum atomic E-state index is 11.5. The second-order valence-electron chi connectivity index (χ2n) is 4.99. The predicted molar refractivity (Wildman–Crippen MR) is 89.5 cm³/mol. The van der Waals surface area contributed by atoms with E-state index in [1.807, 2.05) is 43.3 Å². The molecule has 2 aromatic rings. The van der Waals surface area contributed by atoms with E-state index in [1.165, 1.54) is 0 Å². The summed E-state index contributed by atoms with van der Waals surface area (Å²) in [7, 11) is 0. The molecule has 1 aromatic heterocycles. The third kappa shape index (κ3) is 5.71. The number of carbonyl (C=O) groups is 1. The van der Waals surface area contributed by atoms with Crippen molar-refractivity contribution in [3.8, 4) is 11.8 Å². The van der Waals surface area contributed by atoms with Crippen molar-refractivity contribution < 1.29 is 9.53 Å². The van der Waals surface area contributed by atoms with Gasteiger partial charge in [-0.05, 0) is 30.0 Å². The van der Waals surface area contributed by atoms with Crippen molar-refractivity contribution in [3.63, 3.8) is 0 Å². The highest BCUT2D eigenvalue weighted by Gasteiger charge is 2.01. The van der Waals surface area contributed by atoms with Crippen LogP contribution >= 0.6 is 0 Å². The van der Waals surface area contributed by atoms with Gasteiger partial charge in [0.05, 0.1) is 5.69 Å². The van der Waals surface area contributed by atoms with Crippen molar-refractivity contribution in [1.29, 1.82) is 0 Å². The second-order valence-corrected chi connectivity index (χ2v) is 4.99. The van der Waals surface area contributed by atoms with E-state index >= 15 is 0 Å². The minimum absolute atomic E-state index is 0.252. The third-order valence-corrected chi connectivity index (χ3v) is 2.99. The first-order valence-electron chi connectivity index (χ1n) is 7.30. The molecule has 0 fully saturated rings. The van der Waals surface area contributed by atoms with Gasteiger partial charge in [-0.25, -0.2) is 9.78 Å². The van der Waals surface area contributed by atoms with Crippen molar-refractivity contribution in [2.24, 2.45) is 0 Å². The minimum atomic E-state index is -0.455. The van der Waals surface area contributed by atoms with Gasteiger partial charge in [-0.3, -0.25) is 0 Å². The third-order valence-electron chi connectivity index (χ3n) is 2.99.